The van der Waals surface area contributed by atoms with Crippen molar-refractivity contribution in [3.05, 3.63) is 33.9 Å². The Morgan fingerprint density at radius 1 is 1.45 bits per heavy atom. The molecule has 0 heterocycles. The molecule has 8 heteroatoms. The fourth-order valence-electron chi connectivity index (χ4n) is 1.67. The number of methoxy groups -OCH3 is 1. The first-order valence-corrected chi connectivity index (χ1v) is 5.84. The van der Waals surface area contributed by atoms with Crippen LogP contribution in [0.1, 0.15) is 12.5 Å². The summed E-state index contributed by atoms with van der Waals surface area (Å²) in [7, 11) is 1.53. The lowest BCUT2D eigenvalue weighted by atomic mass is 10.1. The molecule has 112 valence electrons. The molecule has 5 nitrogen and oxygen atoms in total. The van der Waals surface area contributed by atoms with Crippen molar-refractivity contribution in [3.8, 4) is 0 Å². The Morgan fingerprint density at radius 2 is 2.10 bits per heavy atom. The number of ether oxygens (including phenoxy) is 1. The summed E-state index contributed by atoms with van der Waals surface area (Å²) in [4.78, 5) is 9.56. The Kier molecular flexibility index (Phi) is 5.32. The molecular weight excluding hydrogens is 277 g/mol. The summed E-state index contributed by atoms with van der Waals surface area (Å²) in [6.07, 6.45) is -4.77. The number of halogens is 3. The number of nitro groups is 1. The van der Waals surface area contributed by atoms with E-state index in [9.17, 15) is 23.3 Å². The van der Waals surface area contributed by atoms with Gasteiger partial charge in [-0.2, -0.15) is 13.2 Å². The highest BCUT2D eigenvalue weighted by molar-refractivity contribution is 5.55. The van der Waals surface area contributed by atoms with Gasteiger partial charge in [0.15, 0.2) is 0 Å². The molecule has 0 fully saturated rings. The van der Waals surface area contributed by atoms with E-state index in [1.165, 1.54) is 13.2 Å². The smallest absolute Gasteiger partial charge is 0.385 e. The first-order valence-electron chi connectivity index (χ1n) is 5.84. The van der Waals surface area contributed by atoms with Crippen LogP contribution in [0, 0.1) is 16.0 Å². The van der Waals surface area contributed by atoms with Crippen molar-refractivity contribution in [2.24, 2.45) is 5.92 Å². The Hall–Kier alpha value is -1.83. The molecule has 1 atom stereocenters. The van der Waals surface area contributed by atoms with E-state index in [-0.39, 0.29) is 11.6 Å². The average Bonchev–Trinajstić information content (AvgIpc) is 2.35. The van der Waals surface area contributed by atoms with E-state index < -0.39 is 22.4 Å². The van der Waals surface area contributed by atoms with Gasteiger partial charge >= 0.3 is 6.18 Å². The van der Waals surface area contributed by atoms with Crippen LogP contribution in [-0.2, 0) is 10.9 Å². The van der Waals surface area contributed by atoms with Crippen LogP contribution in [0.25, 0.3) is 0 Å². The van der Waals surface area contributed by atoms with E-state index in [0.717, 1.165) is 12.1 Å². The molecule has 1 unspecified atom stereocenters. The predicted molar refractivity (Wildman–Crippen MR) is 67.6 cm³/mol. The minimum absolute atomic E-state index is 0.101. The largest absolute Gasteiger partial charge is 0.423 e. The summed E-state index contributed by atoms with van der Waals surface area (Å²) in [5.41, 5.74) is -2.02. The van der Waals surface area contributed by atoms with Crippen molar-refractivity contribution in [1.29, 1.82) is 0 Å². The van der Waals surface area contributed by atoms with Gasteiger partial charge in [0.25, 0.3) is 5.69 Å². The molecule has 0 amide bonds. The van der Waals surface area contributed by atoms with Crippen molar-refractivity contribution in [2.75, 3.05) is 25.6 Å². The number of alkyl halides is 3. The molecular formula is C12H15F3N2O3. The maximum Gasteiger partial charge on any atom is 0.423 e. The Morgan fingerprint density at radius 3 is 2.60 bits per heavy atom. The topological polar surface area (TPSA) is 64.4 Å². The van der Waals surface area contributed by atoms with Gasteiger partial charge in [-0.05, 0) is 18.1 Å². The molecule has 20 heavy (non-hydrogen) atoms. The maximum absolute atomic E-state index is 12.8. The highest BCUT2D eigenvalue weighted by Crippen LogP contribution is 2.37. The number of hydrogen-bond donors (Lipinski definition) is 1. The maximum atomic E-state index is 12.8. The normalized spacial score (nSPS) is 13.1. The number of rotatable bonds is 6. The van der Waals surface area contributed by atoms with Crippen molar-refractivity contribution in [1.82, 2.24) is 0 Å². The Bertz CT molecular complexity index is 478. The van der Waals surface area contributed by atoms with Crippen LogP contribution < -0.4 is 5.32 Å². The second kappa shape index (κ2) is 6.56. The van der Waals surface area contributed by atoms with E-state index in [0.29, 0.717) is 13.2 Å². The lowest BCUT2D eigenvalue weighted by Crippen LogP contribution is -2.16. The fraction of sp³-hybridized carbons (Fsp3) is 0.500. The van der Waals surface area contributed by atoms with Crippen LogP contribution in [0.4, 0.5) is 24.5 Å². The summed E-state index contributed by atoms with van der Waals surface area (Å²) in [5, 5.41) is 13.4. The lowest BCUT2D eigenvalue weighted by molar-refractivity contribution is -0.388. The van der Waals surface area contributed by atoms with Crippen LogP contribution in [0.15, 0.2) is 18.2 Å². The highest BCUT2D eigenvalue weighted by Gasteiger charge is 2.38. The molecule has 1 rings (SSSR count). The molecule has 0 bridgehead atoms. The van der Waals surface area contributed by atoms with E-state index >= 15 is 0 Å². The van der Waals surface area contributed by atoms with Gasteiger partial charge in [0.05, 0.1) is 11.5 Å². The van der Waals surface area contributed by atoms with Gasteiger partial charge in [0.1, 0.15) is 5.56 Å². The lowest BCUT2D eigenvalue weighted by Gasteiger charge is -2.14. The summed E-state index contributed by atoms with van der Waals surface area (Å²) >= 11 is 0. The van der Waals surface area contributed by atoms with Crippen molar-refractivity contribution in [2.45, 2.75) is 13.1 Å². The van der Waals surface area contributed by atoms with Crippen LogP contribution in [0.3, 0.4) is 0 Å². The first-order chi connectivity index (χ1) is 9.25. The molecule has 0 saturated carbocycles. The number of hydrogen-bond acceptors (Lipinski definition) is 4. The van der Waals surface area contributed by atoms with Crippen molar-refractivity contribution in [3.63, 3.8) is 0 Å². The van der Waals surface area contributed by atoms with Gasteiger partial charge in [0, 0.05) is 25.4 Å². The van der Waals surface area contributed by atoms with E-state index in [4.69, 9.17) is 4.74 Å². The molecule has 1 aromatic rings. The Labute approximate surface area is 113 Å². The molecule has 0 aliphatic carbocycles. The zero-order valence-corrected chi connectivity index (χ0v) is 11.0. The second-order valence-electron chi connectivity index (χ2n) is 4.43. The molecule has 0 saturated heterocycles. The zero-order chi connectivity index (χ0) is 15.3. The summed E-state index contributed by atoms with van der Waals surface area (Å²) in [6.45, 7) is 2.74. The van der Waals surface area contributed by atoms with E-state index in [1.807, 2.05) is 6.92 Å². The molecule has 0 radical (unpaired) electrons. The summed E-state index contributed by atoms with van der Waals surface area (Å²) in [6, 6.07) is 2.86. The standard InChI is InChI=1S/C12H15F3N2O3/c1-8(7-20-2)6-16-9-3-4-11(17(18)19)10(5-9)12(13,14)15/h3-5,8,16H,6-7H2,1-2H3. The quantitative estimate of drug-likeness (QED) is 0.645. The number of nitrogens with zero attached hydrogens (tertiary/aromatic N) is 1. The molecule has 0 aromatic heterocycles. The Balaban J connectivity index is 2.93. The second-order valence-corrected chi connectivity index (χ2v) is 4.43. The van der Waals surface area contributed by atoms with Crippen molar-refractivity contribution < 1.29 is 22.8 Å². The van der Waals surface area contributed by atoms with Gasteiger partial charge in [-0.1, -0.05) is 6.92 Å². The summed E-state index contributed by atoms with van der Waals surface area (Å²) in [5.74, 6) is 0.101. The van der Waals surface area contributed by atoms with Gasteiger partial charge < -0.3 is 10.1 Å². The van der Waals surface area contributed by atoms with E-state index in [1.54, 1.807) is 0 Å². The molecule has 0 aliphatic heterocycles. The number of anilines is 1. The van der Waals surface area contributed by atoms with Crippen molar-refractivity contribution >= 4 is 11.4 Å². The van der Waals surface area contributed by atoms with Gasteiger partial charge in [-0.3, -0.25) is 10.1 Å². The highest BCUT2D eigenvalue weighted by atomic mass is 19.4. The number of nitro benzene ring substituents is 1. The van der Waals surface area contributed by atoms with Gasteiger partial charge in [-0.25, -0.2) is 0 Å². The average molecular weight is 292 g/mol. The van der Waals surface area contributed by atoms with E-state index in [2.05, 4.69) is 5.32 Å². The number of nitrogens with one attached hydrogen (secondary N) is 1. The SMILES string of the molecule is COCC(C)CNc1ccc([N+](=O)[O-])c(C(F)(F)F)c1. The fourth-order valence-corrected chi connectivity index (χ4v) is 1.67. The van der Waals surface area contributed by atoms with Crippen LogP contribution in [-0.4, -0.2) is 25.2 Å². The molecule has 1 aromatic carbocycles. The zero-order valence-electron chi connectivity index (χ0n) is 11.0. The third-order valence-electron chi connectivity index (χ3n) is 2.60. The number of benzene rings is 1. The van der Waals surface area contributed by atoms with Crippen LogP contribution in [0.5, 0.6) is 0 Å². The van der Waals surface area contributed by atoms with Crippen LogP contribution >= 0.6 is 0 Å². The minimum Gasteiger partial charge on any atom is -0.385 e. The van der Waals surface area contributed by atoms with Gasteiger partial charge in [-0.15, -0.1) is 0 Å². The third kappa shape index (κ3) is 4.37. The molecule has 0 spiro atoms. The first kappa shape index (κ1) is 16.2. The van der Waals surface area contributed by atoms with Crippen LogP contribution in [0.2, 0.25) is 0 Å². The predicted octanol–water partition coefficient (Wildman–Crippen LogP) is 3.31. The molecule has 1 N–H and O–H groups in total. The molecule has 0 aliphatic rings. The minimum atomic E-state index is -4.77. The van der Waals surface area contributed by atoms with Gasteiger partial charge in [0.2, 0.25) is 0 Å². The monoisotopic (exact) mass is 292 g/mol. The summed E-state index contributed by atoms with van der Waals surface area (Å²) < 4.78 is 43.2. The third-order valence-corrected chi connectivity index (χ3v) is 2.60.